The molecule has 98 valence electrons. The van der Waals surface area contributed by atoms with Crippen LogP contribution in [0.1, 0.15) is 38.5 Å². The van der Waals surface area contributed by atoms with Crippen LogP contribution in [0.4, 0.5) is 0 Å². The fourth-order valence-electron chi connectivity index (χ4n) is 2.13. The molecular formula is C12H20BrNO3. The van der Waals surface area contributed by atoms with Crippen molar-refractivity contribution in [2.45, 2.75) is 44.6 Å². The zero-order valence-corrected chi connectivity index (χ0v) is 11.9. The number of halogens is 1. The number of hydrogen-bond acceptors (Lipinski definition) is 3. The molecule has 1 aliphatic rings. The molecule has 5 heteroatoms. The van der Waals surface area contributed by atoms with Crippen LogP contribution in [0.5, 0.6) is 0 Å². The van der Waals surface area contributed by atoms with E-state index in [1.807, 2.05) is 0 Å². The van der Waals surface area contributed by atoms with Crippen molar-refractivity contribution in [2.24, 2.45) is 0 Å². The minimum absolute atomic E-state index is 0.0843. The Balaban J connectivity index is 2.52. The van der Waals surface area contributed by atoms with Crippen molar-refractivity contribution in [1.29, 1.82) is 0 Å². The number of esters is 1. The van der Waals surface area contributed by atoms with Gasteiger partial charge in [-0.3, -0.25) is 4.79 Å². The molecule has 1 aliphatic heterocycles. The summed E-state index contributed by atoms with van der Waals surface area (Å²) in [6.45, 7) is 0.687. The number of piperidine rings is 1. The highest BCUT2D eigenvalue weighted by molar-refractivity contribution is 9.09. The average molecular weight is 306 g/mol. The summed E-state index contributed by atoms with van der Waals surface area (Å²) in [6, 6.07) is -0.356. The van der Waals surface area contributed by atoms with E-state index in [0.29, 0.717) is 13.0 Å². The van der Waals surface area contributed by atoms with Gasteiger partial charge in [-0.05, 0) is 32.1 Å². The molecule has 17 heavy (non-hydrogen) atoms. The third kappa shape index (κ3) is 4.30. The largest absolute Gasteiger partial charge is 0.467 e. The Labute approximate surface area is 111 Å². The highest BCUT2D eigenvalue weighted by Gasteiger charge is 2.32. The first-order valence-electron chi connectivity index (χ1n) is 6.14. The number of rotatable bonds is 5. The second-order valence-electron chi connectivity index (χ2n) is 4.27. The van der Waals surface area contributed by atoms with Crippen molar-refractivity contribution >= 4 is 27.8 Å². The summed E-state index contributed by atoms with van der Waals surface area (Å²) in [6.07, 6.45) is 5.09. The molecule has 0 aromatic carbocycles. The number of nitrogens with zero attached hydrogens (tertiary/aromatic N) is 1. The van der Waals surface area contributed by atoms with Crippen LogP contribution in [0, 0.1) is 0 Å². The van der Waals surface area contributed by atoms with E-state index < -0.39 is 0 Å². The van der Waals surface area contributed by atoms with Gasteiger partial charge in [0.15, 0.2) is 0 Å². The lowest BCUT2D eigenvalue weighted by Gasteiger charge is -2.33. The van der Waals surface area contributed by atoms with E-state index in [4.69, 9.17) is 4.74 Å². The maximum Gasteiger partial charge on any atom is 0.328 e. The highest BCUT2D eigenvalue weighted by atomic mass is 79.9. The number of hydrogen-bond donors (Lipinski definition) is 0. The minimum Gasteiger partial charge on any atom is -0.467 e. The van der Waals surface area contributed by atoms with Crippen molar-refractivity contribution < 1.29 is 14.3 Å². The van der Waals surface area contributed by atoms with Crippen LogP contribution in [0.2, 0.25) is 0 Å². The van der Waals surface area contributed by atoms with Crippen LogP contribution >= 0.6 is 15.9 Å². The number of methoxy groups -OCH3 is 1. The molecule has 4 nitrogen and oxygen atoms in total. The quantitative estimate of drug-likeness (QED) is 0.444. The standard InChI is InChI=1S/C12H20BrNO3/c1-17-12(16)10-6-3-5-9-14(10)11(15)7-2-4-8-13/h10H,2-9H2,1H3. The lowest BCUT2D eigenvalue weighted by atomic mass is 10.0. The zero-order valence-electron chi connectivity index (χ0n) is 10.3. The molecule has 0 aliphatic carbocycles. The topological polar surface area (TPSA) is 46.6 Å². The van der Waals surface area contributed by atoms with Crippen LogP contribution in [0.3, 0.4) is 0 Å². The van der Waals surface area contributed by atoms with Crippen molar-refractivity contribution in [3.05, 3.63) is 0 Å². The molecule has 1 amide bonds. The summed E-state index contributed by atoms with van der Waals surface area (Å²) in [7, 11) is 1.38. The smallest absolute Gasteiger partial charge is 0.328 e. The van der Waals surface area contributed by atoms with Gasteiger partial charge in [-0.25, -0.2) is 4.79 Å². The molecule has 0 spiro atoms. The van der Waals surface area contributed by atoms with Crippen LogP contribution in [-0.2, 0) is 14.3 Å². The Morgan fingerprint density at radius 1 is 1.35 bits per heavy atom. The molecule has 1 unspecified atom stereocenters. The van der Waals surface area contributed by atoms with E-state index in [-0.39, 0.29) is 17.9 Å². The van der Waals surface area contributed by atoms with Gasteiger partial charge < -0.3 is 9.64 Å². The molecule has 1 fully saturated rings. The second kappa shape index (κ2) is 7.69. The molecule has 1 saturated heterocycles. The third-order valence-electron chi connectivity index (χ3n) is 3.07. The second-order valence-corrected chi connectivity index (χ2v) is 5.06. The normalized spacial score (nSPS) is 20.1. The first-order chi connectivity index (χ1) is 8.20. The van der Waals surface area contributed by atoms with E-state index in [1.165, 1.54) is 7.11 Å². The summed E-state index contributed by atoms with van der Waals surface area (Å²) in [4.78, 5) is 25.3. The summed E-state index contributed by atoms with van der Waals surface area (Å²) >= 11 is 3.34. The maximum atomic E-state index is 12.0. The summed E-state index contributed by atoms with van der Waals surface area (Å²) in [5.74, 6) is -0.195. The Hall–Kier alpha value is -0.580. The third-order valence-corrected chi connectivity index (χ3v) is 3.63. The maximum absolute atomic E-state index is 12.0. The lowest BCUT2D eigenvalue weighted by Crippen LogP contribution is -2.48. The molecule has 0 aromatic heterocycles. The predicted molar refractivity (Wildman–Crippen MR) is 69.0 cm³/mol. The van der Waals surface area contributed by atoms with Crippen LogP contribution in [0.25, 0.3) is 0 Å². The minimum atomic E-state index is -0.356. The fraction of sp³-hybridized carbons (Fsp3) is 0.833. The number of unbranched alkanes of at least 4 members (excludes halogenated alkanes) is 1. The van der Waals surface area contributed by atoms with Crippen molar-refractivity contribution in [3.63, 3.8) is 0 Å². The predicted octanol–water partition coefficient (Wildman–Crippen LogP) is 2.11. The van der Waals surface area contributed by atoms with Gasteiger partial charge >= 0.3 is 5.97 Å². The number of carbonyl (C=O) groups excluding carboxylic acids is 2. The van der Waals surface area contributed by atoms with E-state index in [0.717, 1.165) is 37.4 Å². The molecule has 1 rings (SSSR count). The Bertz CT molecular complexity index is 270. The van der Waals surface area contributed by atoms with E-state index in [9.17, 15) is 9.59 Å². The fourth-order valence-corrected chi connectivity index (χ4v) is 2.52. The van der Waals surface area contributed by atoms with Crippen molar-refractivity contribution in [1.82, 2.24) is 4.90 Å². The zero-order chi connectivity index (χ0) is 12.7. The number of amides is 1. The van der Waals surface area contributed by atoms with E-state index in [2.05, 4.69) is 15.9 Å². The van der Waals surface area contributed by atoms with Gasteiger partial charge in [-0.1, -0.05) is 15.9 Å². The summed E-state index contributed by atoms with van der Waals surface area (Å²) in [5.41, 5.74) is 0. The molecule has 1 heterocycles. The van der Waals surface area contributed by atoms with Gasteiger partial charge in [0, 0.05) is 18.3 Å². The molecule has 0 radical (unpaired) electrons. The van der Waals surface area contributed by atoms with Crippen molar-refractivity contribution in [3.8, 4) is 0 Å². The number of carbonyl (C=O) groups is 2. The summed E-state index contributed by atoms with van der Waals surface area (Å²) < 4.78 is 4.76. The van der Waals surface area contributed by atoms with Crippen LogP contribution in [0.15, 0.2) is 0 Å². The number of ether oxygens (including phenoxy) is 1. The molecule has 0 N–H and O–H groups in total. The van der Waals surface area contributed by atoms with Gasteiger partial charge in [0.05, 0.1) is 7.11 Å². The Morgan fingerprint density at radius 2 is 2.12 bits per heavy atom. The van der Waals surface area contributed by atoms with Gasteiger partial charge in [-0.2, -0.15) is 0 Å². The first kappa shape index (κ1) is 14.5. The lowest BCUT2D eigenvalue weighted by molar-refractivity contribution is -0.154. The molecule has 0 aromatic rings. The molecule has 0 bridgehead atoms. The molecule has 1 atom stereocenters. The van der Waals surface area contributed by atoms with Crippen LogP contribution < -0.4 is 0 Å². The number of alkyl halides is 1. The number of likely N-dealkylation sites (tertiary alicyclic amines) is 1. The molecular weight excluding hydrogens is 286 g/mol. The first-order valence-corrected chi connectivity index (χ1v) is 7.26. The van der Waals surface area contributed by atoms with Gasteiger partial charge in [0.25, 0.3) is 0 Å². The SMILES string of the molecule is COC(=O)C1CCCCN1C(=O)CCCCBr. The van der Waals surface area contributed by atoms with E-state index >= 15 is 0 Å². The van der Waals surface area contributed by atoms with E-state index in [1.54, 1.807) is 4.90 Å². The van der Waals surface area contributed by atoms with Gasteiger partial charge in [0.2, 0.25) is 5.91 Å². The molecule has 0 saturated carbocycles. The monoisotopic (exact) mass is 305 g/mol. The average Bonchev–Trinajstić information content (AvgIpc) is 2.38. The van der Waals surface area contributed by atoms with Crippen LogP contribution in [-0.4, -0.2) is 41.8 Å². The summed E-state index contributed by atoms with van der Waals surface area (Å²) in [5, 5.41) is 0.917. The van der Waals surface area contributed by atoms with Gasteiger partial charge in [-0.15, -0.1) is 0 Å². The van der Waals surface area contributed by atoms with Gasteiger partial charge in [0.1, 0.15) is 6.04 Å². The Kier molecular flexibility index (Phi) is 6.55. The highest BCUT2D eigenvalue weighted by Crippen LogP contribution is 2.19. The van der Waals surface area contributed by atoms with Crippen molar-refractivity contribution in [2.75, 3.05) is 19.0 Å². The Morgan fingerprint density at radius 3 is 2.76 bits per heavy atom.